The lowest BCUT2D eigenvalue weighted by Gasteiger charge is -2.50. The second-order valence-electron chi connectivity index (χ2n) is 7.11. The van der Waals surface area contributed by atoms with E-state index in [0.717, 1.165) is 49.6 Å². The van der Waals surface area contributed by atoms with Crippen LogP contribution in [0.1, 0.15) is 38.0 Å². The molecule has 2 aliphatic heterocycles. The molecule has 0 saturated carbocycles. The van der Waals surface area contributed by atoms with Crippen molar-refractivity contribution in [2.24, 2.45) is 0 Å². The van der Waals surface area contributed by atoms with Gasteiger partial charge >= 0.3 is 0 Å². The van der Waals surface area contributed by atoms with E-state index in [1.54, 1.807) is 0 Å². The molecule has 1 saturated heterocycles. The van der Waals surface area contributed by atoms with Crippen molar-refractivity contribution in [2.45, 2.75) is 45.4 Å². The van der Waals surface area contributed by atoms with Gasteiger partial charge in [-0.1, -0.05) is 18.6 Å². The van der Waals surface area contributed by atoms with Gasteiger partial charge in [0.05, 0.1) is 6.04 Å². The molecule has 0 spiro atoms. The van der Waals surface area contributed by atoms with E-state index >= 15 is 0 Å². The minimum Gasteiger partial charge on any atom is -0.486 e. The topological polar surface area (TPSA) is 35.9 Å². The number of likely N-dealkylation sites (N-methyl/N-ethyl adjacent to an activating group) is 1. The lowest BCUT2D eigenvalue weighted by Crippen LogP contribution is -2.62. The van der Waals surface area contributed by atoms with Crippen LogP contribution in [0.15, 0.2) is 18.2 Å². The molecule has 0 amide bonds. The summed E-state index contributed by atoms with van der Waals surface area (Å²) in [5.41, 5.74) is 1.70. The minimum atomic E-state index is -0.494. The highest BCUT2D eigenvalue weighted by Crippen LogP contribution is 2.42. The van der Waals surface area contributed by atoms with Gasteiger partial charge in [0.1, 0.15) is 17.5 Å². The number of aliphatic hydroxyl groups excluding tert-OH is 1. The molecule has 4 nitrogen and oxygen atoms in total. The Labute approximate surface area is 133 Å². The lowest BCUT2D eigenvalue weighted by molar-refractivity contribution is -0.0929. The third-order valence-corrected chi connectivity index (χ3v) is 5.12. The molecule has 1 aromatic rings. The van der Waals surface area contributed by atoms with Crippen molar-refractivity contribution in [3.8, 4) is 5.75 Å². The van der Waals surface area contributed by atoms with Crippen molar-refractivity contribution >= 4 is 0 Å². The molecule has 1 fully saturated rings. The normalized spacial score (nSPS) is 29.0. The third-order valence-electron chi connectivity index (χ3n) is 5.12. The molecule has 0 bridgehead atoms. The van der Waals surface area contributed by atoms with Crippen LogP contribution in [0.5, 0.6) is 5.75 Å². The zero-order chi connectivity index (χ0) is 15.9. The second kappa shape index (κ2) is 5.84. The Hall–Kier alpha value is -1.10. The van der Waals surface area contributed by atoms with Crippen LogP contribution in [-0.4, -0.2) is 59.3 Å². The maximum Gasteiger partial charge on any atom is 0.126 e. The molecule has 122 valence electrons. The van der Waals surface area contributed by atoms with Crippen molar-refractivity contribution in [3.05, 3.63) is 29.3 Å². The third kappa shape index (κ3) is 2.75. The molecule has 2 unspecified atom stereocenters. The number of aliphatic hydroxyl groups is 1. The Kier molecular flexibility index (Phi) is 4.19. The summed E-state index contributed by atoms with van der Waals surface area (Å²) in [7, 11) is 0. The quantitative estimate of drug-likeness (QED) is 0.909. The summed E-state index contributed by atoms with van der Waals surface area (Å²) >= 11 is 0. The van der Waals surface area contributed by atoms with Gasteiger partial charge in [0.25, 0.3) is 0 Å². The average molecular weight is 304 g/mol. The predicted octanol–water partition coefficient (Wildman–Crippen LogP) is 2.21. The Morgan fingerprint density at radius 3 is 2.55 bits per heavy atom. The summed E-state index contributed by atoms with van der Waals surface area (Å²) in [6, 6.07) is 6.09. The van der Waals surface area contributed by atoms with Crippen LogP contribution in [0, 0.1) is 6.92 Å². The number of aryl methyl sites for hydroxylation is 1. The lowest BCUT2D eigenvalue weighted by atomic mass is 9.84. The van der Waals surface area contributed by atoms with Gasteiger partial charge in [-0.3, -0.25) is 4.90 Å². The van der Waals surface area contributed by atoms with E-state index in [2.05, 4.69) is 43.6 Å². The molecule has 1 N–H and O–H groups in total. The van der Waals surface area contributed by atoms with Gasteiger partial charge in [0.15, 0.2) is 0 Å². The average Bonchev–Trinajstić information content (AvgIpc) is 2.48. The molecule has 0 aliphatic carbocycles. The highest BCUT2D eigenvalue weighted by atomic mass is 16.5. The zero-order valence-electron chi connectivity index (χ0n) is 14.2. The van der Waals surface area contributed by atoms with Gasteiger partial charge in [0, 0.05) is 31.7 Å². The van der Waals surface area contributed by atoms with Crippen LogP contribution >= 0.6 is 0 Å². The number of hydrogen-bond acceptors (Lipinski definition) is 4. The number of nitrogens with zero attached hydrogens (tertiary/aromatic N) is 2. The first-order valence-electron chi connectivity index (χ1n) is 8.36. The van der Waals surface area contributed by atoms with E-state index in [1.807, 2.05) is 12.1 Å². The highest BCUT2D eigenvalue weighted by molar-refractivity contribution is 5.42. The number of ether oxygens (including phenoxy) is 1. The predicted molar refractivity (Wildman–Crippen MR) is 88.3 cm³/mol. The molecule has 2 aliphatic rings. The summed E-state index contributed by atoms with van der Waals surface area (Å²) in [5, 5.41) is 11.0. The van der Waals surface area contributed by atoms with Crippen LogP contribution < -0.4 is 4.74 Å². The number of rotatable bonds is 2. The van der Waals surface area contributed by atoms with Gasteiger partial charge in [-0.25, -0.2) is 0 Å². The second-order valence-corrected chi connectivity index (χ2v) is 7.11. The summed E-state index contributed by atoms with van der Waals surface area (Å²) < 4.78 is 6.25. The Morgan fingerprint density at radius 1 is 1.23 bits per heavy atom. The van der Waals surface area contributed by atoms with Gasteiger partial charge < -0.3 is 14.7 Å². The van der Waals surface area contributed by atoms with Gasteiger partial charge in [0.2, 0.25) is 0 Å². The largest absolute Gasteiger partial charge is 0.486 e. The molecule has 22 heavy (non-hydrogen) atoms. The maximum atomic E-state index is 11.0. The molecule has 0 radical (unpaired) electrons. The Morgan fingerprint density at radius 2 is 1.91 bits per heavy atom. The number of benzene rings is 1. The fraction of sp³-hybridized carbons (Fsp3) is 0.667. The molecular weight excluding hydrogens is 276 g/mol. The van der Waals surface area contributed by atoms with Crippen LogP contribution in [0.4, 0.5) is 0 Å². The molecule has 0 aromatic heterocycles. The number of hydrogen-bond donors (Lipinski definition) is 1. The van der Waals surface area contributed by atoms with E-state index in [9.17, 15) is 5.11 Å². The standard InChI is InChI=1S/C18H28N2O2/c1-5-19-8-10-20(11-9-19)17-16(21)14-12-13(2)6-7-15(14)22-18(17,3)4/h6-7,12,16-17,21H,5,8-11H2,1-4H3. The smallest absolute Gasteiger partial charge is 0.126 e. The monoisotopic (exact) mass is 304 g/mol. The van der Waals surface area contributed by atoms with Crippen LogP contribution in [0.3, 0.4) is 0 Å². The fourth-order valence-electron chi connectivity index (χ4n) is 3.88. The maximum absolute atomic E-state index is 11.0. The Balaban J connectivity index is 1.87. The summed E-state index contributed by atoms with van der Waals surface area (Å²) in [6.07, 6.45) is -0.494. The van der Waals surface area contributed by atoms with Crippen molar-refractivity contribution in [2.75, 3.05) is 32.7 Å². The molecule has 4 heteroatoms. The summed E-state index contributed by atoms with van der Waals surface area (Å²) in [4.78, 5) is 4.86. The summed E-state index contributed by atoms with van der Waals surface area (Å²) in [5.74, 6) is 0.826. The first-order chi connectivity index (χ1) is 10.4. The summed E-state index contributed by atoms with van der Waals surface area (Å²) in [6.45, 7) is 13.7. The van der Waals surface area contributed by atoms with Gasteiger partial charge in [-0.15, -0.1) is 0 Å². The van der Waals surface area contributed by atoms with Crippen molar-refractivity contribution in [1.29, 1.82) is 0 Å². The van der Waals surface area contributed by atoms with E-state index in [0.29, 0.717) is 0 Å². The Bertz CT molecular complexity index is 536. The molecule has 3 rings (SSSR count). The fourth-order valence-corrected chi connectivity index (χ4v) is 3.88. The number of fused-ring (bicyclic) bond motifs is 1. The van der Waals surface area contributed by atoms with Crippen LogP contribution in [0.2, 0.25) is 0 Å². The van der Waals surface area contributed by atoms with Gasteiger partial charge in [-0.2, -0.15) is 0 Å². The van der Waals surface area contributed by atoms with E-state index in [-0.39, 0.29) is 6.04 Å². The number of piperazine rings is 1. The van der Waals surface area contributed by atoms with Crippen LogP contribution in [-0.2, 0) is 0 Å². The van der Waals surface area contributed by atoms with Crippen molar-refractivity contribution in [3.63, 3.8) is 0 Å². The van der Waals surface area contributed by atoms with E-state index < -0.39 is 11.7 Å². The molecule has 2 heterocycles. The first kappa shape index (κ1) is 15.8. The molecule has 1 aromatic carbocycles. The first-order valence-corrected chi connectivity index (χ1v) is 8.36. The highest BCUT2D eigenvalue weighted by Gasteiger charge is 2.46. The molecule has 2 atom stereocenters. The SMILES string of the molecule is CCN1CCN(C2C(O)c3cc(C)ccc3OC2(C)C)CC1. The van der Waals surface area contributed by atoms with Crippen molar-refractivity contribution in [1.82, 2.24) is 9.80 Å². The minimum absolute atomic E-state index is 0.000746. The van der Waals surface area contributed by atoms with Crippen molar-refractivity contribution < 1.29 is 9.84 Å². The van der Waals surface area contributed by atoms with Crippen LogP contribution in [0.25, 0.3) is 0 Å². The van der Waals surface area contributed by atoms with Gasteiger partial charge in [-0.05, 0) is 39.4 Å². The van der Waals surface area contributed by atoms with E-state index in [1.165, 1.54) is 0 Å². The van der Waals surface area contributed by atoms with E-state index in [4.69, 9.17) is 4.74 Å². The molecular formula is C18H28N2O2. The zero-order valence-corrected chi connectivity index (χ0v) is 14.2.